The van der Waals surface area contributed by atoms with Crippen LogP contribution in [0.5, 0.6) is 5.75 Å². The first-order chi connectivity index (χ1) is 9.29. The number of rotatable bonds is 6. The van der Waals surface area contributed by atoms with Gasteiger partial charge in [-0.05, 0) is 44.0 Å². The molecule has 20 heavy (non-hydrogen) atoms. The number of benzene rings is 1. The molecule has 0 fully saturated rings. The van der Waals surface area contributed by atoms with Crippen LogP contribution in [0.15, 0.2) is 18.2 Å². The fraction of sp³-hybridized carbons (Fsp3) is 0.600. The first-order valence-corrected chi connectivity index (χ1v) is 8.84. The van der Waals surface area contributed by atoms with Gasteiger partial charge in [0.25, 0.3) is 0 Å². The molecule has 0 aromatic heterocycles. The van der Waals surface area contributed by atoms with Crippen molar-refractivity contribution in [1.29, 1.82) is 0 Å². The minimum Gasteiger partial charge on any atom is -0.493 e. The smallest absolute Gasteiger partial charge is 0.153 e. The van der Waals surface area contributed by atoms with Gasteiger partial charge >= 0.3 is 0 Å². The number of hydrogen-bond acceptors (Lipinski definition) is 4. The molecule has 1 N–H and O–H groups in total. The van der Waals surface area contributed by atoms with E-state index in [1.165, 1.54) is 17.4 Å². The Hall–Kier alpha value is -1.07. The summed E-state index contributed by atoms with van der Waals surface area (Å²) in [6, 6.07) is 6.29. The standard InChI is InChI=1S/C15H23NO3S/c1-15(2,20(3,17)18)11-16-8-6-12-4-5-14-13(10-12)7-9-19-14/h4-5,10,16H,6-9,11H2,1-3H3. The molecule has 0 saturated carbocycles. The van der Waals surface area contributed by atoms with E-state index in [-0.39, 0.29) is 0 Å². The molecule has 5 heteroatoms. The fourth-order valence-electron chi connectivity index (χ4n) is 2.15. The van der Waals surface area contributed by atoms with Crippen molar-refractivity contribution >= 4 is 9.84 Å². The fourth-order valence-corrected chi connectivity index (χ4v) is 2.51. The molecule has 0 unspecified atom stereocenters. The Morgan fingerprint density at radius 1 is 1.35 bits per heavy atom. The summed E-state index contributed by atoms with van der Waals surface area (Å²) in [6.45, 7) is 5.53. The molecule has 0 amide bonds. The molecular formula is C15H23NO3S. The van der Waals surface area contributed by atoms with Gasteiger partial charge in [-0.1, -0.05) is 12.1 Å². The third-order valence-corrected chi connectivity index (χ3v) is 6.05. The Morgan fingerprint density at radius 3 is 2.80 bits per heavy atom. The number of hydrogen-bond donors (Lipinski definition) is 1. The van der Waals surface area contributed by atoms with E-state index in [0.29, 0.717) is 6.54 Å². The largest absolute Gasteiger partial charge is 0.493 e. The number of sulfone groups is 1. The third-order valence-electron chi connectivity index (χ3n) is 3.90. The first kappa shape index (κ1) is 15.3. The van der Waals surface area contributed by atoms with E-state index in [9.17, 15) is 8.42 Å². The van der Waals surface area contributed by atoms with Gasteiger partial charge in [-0.2, -0.15) is 0 Å². The highest BCUT2D eigenvalue weighted by Crippen LogP contribution is 2.25. The van der Waals surface area contributed by atoms with E-state index in [4.69, 9.17) is 4.74 Å². The van der Waals surface area contributed by atoms with Crippen LogP contribution in [-0.2, 0) is 22.7 Å². The minimum atomic E-state index is -3.03. The van der Waals surface area contributed by atoms with E-state index in [1.807, 2.05) is 6.07 Å². The zero-order valence-corrected chi connectivity index (χ0v) is 13.2. The van der Waals surface area contributed by atoms with Crippen molar-refractivity contribution in [3.05, 3.63) is 29.3 Å². The van der Waals surface area contributed by atoms with Crippen molar-refractivity contribution in [3.8, 4) is 5.75 Å². The molecule has 1 aliphatic heterocycles. The van der Waals surface area contributed by atoms with Crippen molar-refractivity contribution < 1.29 is 13.2 Å². The molecule has 1 aromatic carbocycles. The van der Waals surface area contributed by atoms with Crippen LogP contribution < -0.4 is 10.1 Å². The maximum atomic E-state index is 11.6. The SMILES string of the molecule is CC(C)(CNCCc1ccc2c(c1)CCO2)S(C)(=O)=O. The second-order valence-corrected chi connectivity index (χ2v) is 8.65. The molecule has 0 aliphatic carbocycles. The van der Waals surface area contributed by atoms with Gasteiger partial charge in [0.2, 0.25) is 0 Å². The van der Waals surface area contributed by atoms with Crippen LogP contribution in [0.3, 0.4) is 0 Å². The topological polar surface area (TPSA) is 55.4 Å². The maximum Gasteiger partial charge on any atom is 0.153 e. The van der Waals surface area contributed by atoms with Gasteiger partial charge in [0.1, 0.15) is 5.75 Å². The van der Waals surface area contributed by atoms with Gasteiger partial charge in [-0.15, -0.1) is 0 Å². The summed E-state index contributed by atoms with van der Waals surface area (Å²) in [5, 5.41) is 3.24. The van der Waals surface area contributed by atoms with Gasteiger partial charge in [-0.3, -0.25) is 0 Å². The molecule has 1 aromatic rings. The van der Waals surface area contributed by atoms with Crippen molar-refractivity contribution in [2.75, 3.05) is 26.0 Å². The molecular weight excluding hydrogens is 274 g/mol. The highest BCUT2D eigenvalue weighted by Gasteiger charge is 2.29. The van der Waals surface area contributed by atoms with Crippen LogP contribution in [0.4, 0.5) is 0 Å². The van der Waals surface area contributed by atoms with E-state index in [2.05, 4.69) is 17.4 Å². The van der Waals surface area contributed by atoms with Gasteiger partial charge in [0.05, 0.1) is 11.4 Å². The van der Waals surface area contributed by atoms with Crippen LogP contribution in [0.2, 0.25) is 0 Å². The zero-order valence-electron chi connectivity index (χ0n) is 12.4. The quantitative estimate of drug-likeness (QED) is 0.810. The summed E-state index contributed by atoms with van der Waals surface area (Å²) < 4.78 is 27.9. The predicted octanol–water partition coefficient (Wildman–Crippen LogP) is 1.58. The lowest BCUT2D eigenvalue weighted by atomic mass is 10.1. The summed E-state index contributed by atoms with van der Waals surface area (Å²) in [5.74, 6) is 1.000. The van der Waals surface area contributed by atoms with Gasteiger partial charge < -0.3 is 10.1 Å². The van der Waals surface area contributed by atoms with Gasteiger partial charge in [-0.25, -0.2) is 8.42 Å². The number of fused-ring (bicyclic) bond motifs is 1. The molecule has 0 atom stereocenters. The van der Waals surface area contributed by atoms with E-state index in [0.717, 1.165) is 31.7 Å². The average Bonchev–Trinajstić information content (AvgIpc) is 2.80. The van der Waals surface area contributed by atoms with Crippen molar-refractivity contribution in [1.82, 2.24) is 5.32 Å². The van der Waals surface area contributed by atoms with Crippen molar-refractivity contribution in [2.45, 2.75) is 31.4 Å². The van der Waals surface area contributed by atoms with Crippen LogP contribution in [0, 0.1) is 0 Å². The van der Waals surface area contributed by atoms with Crippen LogP contribution in [0.25, 0.3) is 0 Å². The minimum absolute atomic E-state index is 0.472. The maximum absolute atomic E-state index is 11.6. The predicted molar refractivity (Wildman–Crippen MR) is 81.1 cm³/mol. The average molecular weight is 297 g/mol. The Morgan fingerprint density at radius 2 is 2.10 bits per heavy atom. The first-order valence-electron chi connectivity index (χ1n) is 6.94. The molecule has 4 nitrogen and oxygen atoms in total. The molecule has 112 valence electrons. The Kier molecular flexibility index (Phi) is 4.39. The molecule has 0 radical (unpaired) electrons. The molecule has 0 saturated heterocycles. The Balaban J connectivity index is 1.82. The van der Waals surface area contributed by atoms with Crippen molar-refractivity contribution in [2.24, 2.45) is 0 Å². The molecule has 0 bridgehead atoms. The lowest BCUT2D eigenvalue weighted by Gasteiger charge is -2.22. The normalized spacial score (nSPS) is 14.9. The zero-order chi connectivity index (χ0) is 14.8. The lowest BCUT2D eigenvalue weighted by molar-refractivity contribution is 0.357. The Bertz CT molecular complexity index is 579. The summed E-state index contributed by atoms with van der Waals surface area (Å²) in [7, 11) is -3.03. The van der Waals surface area contributed by atoms with E-state index >= 15 is 0 Å². The van der Waals surface area contributed by atoms with Crippen LogP contribution >= 0.6 is 0 Å². The van der Waals surface area contributed by atoms with E-state index in [1.54, 1.807) is 13.8 Å². The highest BCUT2D eigenvalue weighted by molar-refractivity contribution is 7.92. The molecule has 1 heterocycles. The number of ether oxygens (including phenoxy) is 1. The molecule has 0 spiro atoms. The second-order valence-electron chi connectivity index (χ2n) is 6.00. The van der Waals surface area contributed by atoms with Crippen LogP contribution in [-0.4, -0.2) is 39.1 Å². The highest BCUT2D eigenvalue weighted by atomic mass is 32.2. The summed E-state index contributed by atoms with van der Waals surface area (Å²) in [6.07, 6.45) is 3.17. The molecule has 2 rings (SSSR count). The summed E-state index contributed by atoms with van der Waals surface area (Å²) in [4.78, 5) is 0. The summed E-state index contributed by atoms with van der Waals surface area (Å²) >= 11 is 0. The lowest BCUT2D eigenvalue weighted by Crippen LogP contribution is -2.42. The Labute approximate surface area is 121 Å². The third kappa shape index (κ3) is 3.52. The van der Waals surface area contributed by atoms with Gasteiger partial charge in [0.15, 0.2) is 9.84 Å². The van der Waals surface area contributed by atoms with Gasteiger partial charge in [0, 0.05) is 19.2 Å². The second kappa shape index (κ2) is 5.74. The summed E-state index contributed by atoms with van der Waals surface area (Å²) in [5.41, 5.74) is 2.54. The monoisotopic (exact) mass is 297 g/mol. The van der Waals surface area contributed by atoms with Crippen LogP contribution in [0.1, 0.15) is 25.0 Å². The van der Waals surface area contributed by atoms with Crippen molar-refractivity contribution in [3.63, 3.8) is 0 Å². The number of nitrogens with one attached hydrogen (secondary N) is 1. The molecule has 1 aliphatic rings. The van der Waals surface area contributed by atoms with E-state index < -0.39 is 14.6 Å².